The largest absolute Gasteiger partial charge is 0.487 e. The van der Waals surface area contributed by atoms with Gasteiger partial charge in [-0.2, -0.15) is 0 Å². The number of nitrogens with one attached hydrogen (secondary N) is 2. The summed E-state index contributed by atoms with van der Waals surface area (Å²) in [6.45, 7) is 2.20. The number of hydrogen-bond acceptors (Lipinski definition) is 3. The Kier molecular flexibility index (Phi) is 6.73. The fraction of sp³-hybridized carbons (Fsp3) is 0.529. The van der Waals surface area contributed by atoms with Crippen molar-refractivity contribution >= 4 is 23.6 Å². The van der Waals surface area contributed by atoms with Crippen molar-refractivity contribution in [3.63, 3.8) is 0 Å². The van der Waals surface area contributed by atoms with Gasteiger partial charge in [-0.1, -0.05) is 23.7 Å². The molecular weight excluding hydrogens is 332 g/mol. The maximum atomic E-state index is 11.9. The molecule has 2 amide bonds. The molecule has 2 rings (SSSR count). The number of aliphatic carboxylic acids is 1. The number of benzene rings is 1. The molecule has 1 aromatic rings. The van der Waals surface area contributed by atoms with Gasteiger partial charge in [0.1, 0.15) is 11.9 Å². The Morgan fingerprint density at radius 3 is 2.58 bits per heavy atom. The smallest absolute Gasteiger partial charge is 0.315 e. The molecule has 1 aromatic carbocycles. The lowest BCUT2D eigenvalue weighted by molar-refractivity contribution is -0.142. The van der Waals surface area contributed by atoms with Crippen LogP contribution in [0.25, 0.3) is 0 Å². The number of halogens is 1. The number of carbonyl (C=O) groups excluding carboxylic acids is 1. The molecule has 1 aliphatic carbocycles. The van der Waals surface area contributed by atoms with Crippen LogP contribution in [-0.2, 0) is 4.79 Å². The number of urea groups is 1. The zero-order chi connectivity index (χ0) is 17.5. The third-order valence-electron chi connectivity index (χ3n) is 4.13. The summed E-state index contributed by atoms with van der Waals surface area (Å²) in [5, 5.41) is 15.2. The number of carboxylic acids is 1. The Balaban J connectivity index is 1.68. The molecule has 1 saturated carbocycles. The predicted octanol–water partition coefficient (Wildman–Crippen LogP) is 3.05. The summed E-state index contributed by atoms with van der Waals surface area (Å²) in [5.41, 5.74) is 0. The predicted molar refractivity (Wildman–Crippen MR) is 91.5 cm³/mol. The topological polar surface area (TPSA) is 87.7 Å². The summed E-state index contributed by atoms with van der Waals surface area (Å²) >= 11 is 6.03. The normalized spacial score (nSPS) is 21.6. The highest BCUT2D eigenvalue weighted by Crippen LogP contribution is 2.25. The Hall–Kier alpha value is -1.95. The van der Waals surface area contributed by atoms with E-state index in [1.165, 1.54) is 0 Å². The number of carbonyl (C=O) groups is 2. The second-order valence-corrected chi connectivity index (χ2v) is 6.51. The summed E-state index contributed by atoms with van der Waals surface area (Å²) in [6, 6.07) is 6.95. The van der Waals surface area contributed by atoms with Gasteiger partial charge in [-0.3, -0.25) is 4.79 Å². The first kappa shape index (κ1) is 18.4. The van der Waals surface area contributed by atoms with E-state index in [9.17, 15) is 9.59 Å². The molecule has 0 spiro atoms. The lowest BCUT2D eigenvalue weighted by Crippen LogP contribution is -2.46. The second kappa shape index (κ2) is 8.78. The standard InChI is InChI=1S/C17H23ClN2O4/c1-11(24-15-5-3-2-4-14(15)18)10-19-17(23)20-13-8-6-12(7-9-13)16(21)22/h2-5,11-13H,6-10H2,1H3,(H,21,22)(H2,19,20,23). The lowest BCUT2D eigenvalue weighted by Gasteiger charge is -2.27. The number of carboxylic acid groups (broad SMARTS) is 1. The first-order valence-electron chi connectivity index (χ1n) is 8.14. The molecule has 1 aliphatic rings. The van der Waals surface area contributed by atoms with Crippen LogP contribution in [0, 0.1) is 5.92 Å². The van der Waals surface area contributed by atoms with Gasteiger partial charge in [0, 0.05) is 6.04 Å². The highest BCUT2D eigenvalue weighted by atomic mass is 35.5. The number of hydrogen-bond donors (Lipinski definition) is 3. The third kappa shape index (κ3) is 5.60. The molecule has 0 saturated heterocycles. The van der Waals surface area contributed by atoms with Gasteiger partial charge in [-0.15, -0.1) is 0 Å². The van der Waals surface area contributed by atoms with Crippen molar-refractivity contribution in [3.05, 3.63) is 29.3 Å². The van der Waals surface area contributed by atoms with Crippen LogP contribution in [0.3, 0.4) is 0 Å². The molecule has 0 heterocycles. The summed E-state index contributed by atoms with van der Waals surface area (Å²) < 4.78 is 5.69. The van der Waals surface area contributed by atoms with Gasteiger partial charge in [0.15, 0.2) is 0 Å². The average Bonchev–Trinajstić information content (AvgIpc) is 2.55. The van der Waals surface area contributed by atoms with Crippen molar-refractivity contribution in [1.29, 1.82) is 0 Å². The van der Waals surface area contributed by atoms with Crippen LogP contribution in [0.2, 0.25) is 5.02 Å². The van der Waals surface area contributed by atoms with Crippen LogP contribution in [0.4, 0.5) is 4.79 Å². The Bertz CT molecular complexity index is 573. The SMILES string of the molecule is CC(CNC(=O)NC1CCC(C(=O)O)CC1)Oc1ccccc1Cl. The van der Waals surface area contributed by atoms with Crippen molar-refractivity contribution in [1.82, 2.24) is 10.6 Å². The molecule has 132 valence electrons. The van der Waals surface area contributed by atoms with Gasteiger partial charge in [0.25, 0.3) is 0 Å². The van der Waals surface area contributed by atoms with E-state index in [-0.39, 0.29) is 24.1 Å². The van der Waals surface area contributed by atoms with Crippen LogP contribution in [0.15, 0.2) is 24.3 Å². The zero-order valence-corrected chi connectivity index (χ0v) is 14.4. The van der Waals surface area contributed by atoms with Crippen molar-refractivity contribution < 1.29 is 19.4 Å². The lowest BCUT2D eigenvalue weighted by atomic mass is 9.86. The fourth-order valence-electron chi connectivity index (χ4n) is 2.76. The van der Waals surface area contributed by atoms with E-state index >= 15 is 0 Å². The van der Waals surface area contributed by atoms with Crippen LogP contribution in [-0.4, -0.2) is 35.8 Å². The Morgan fingerprint density at radius 2 is 1.96 bits per heavy atom. The minimum absolute atomic E-state index is 0.0281. The van der Waals surface area contributed by atoms with E-state index in [0.717, 1.165) is 0 Å². The highest BCUT2D eigenvalue weighted by molar-refractivity contribution is 6.32. The Labute approximate surface area is 146 Å². The van der Waals surface area contributed by atoms with Gasteiger partial charge in [0.2, 0.25) is 0 Å². The van der Waals surface area contributed by atoms with Crippen molar-refractivity contribution in [2.24, 2.45) is 5.92 Å². The summed E-state index contributed by atoms with van der Waals surface area (Å²) in [6.07, 6.45) is 2.36. The van der Waals surface area contributed by atoms with Crippen LogP contribution in [0.5, 0.6) is 5.75 Å². The van der Waals surface area contributed by atoms with Crippen LogP contribution in [0.1, 0.15) is 32.6 Å². The molecule has 24 heavy (non-hydrogen) atoms. The van der Waals surface area contributed by atoms with Crippen molar-refractivity contribution in [3.8, 4) is 5.75 Å². The average molecular weight is 355 g/mol. The van der Waals surface area contributed by atoms with Gasteiger partial charge < -0.3 is 20.5 Å². The molecule has 0 aliphatic heterocycles. The van der Waals surface area contributed by atoms with Gasteiger partial charge >= 0.3 is 12.0 Å². The maximum Gasteiger partial charge on any atom is 0.315 e. The second-order valence-electron chi connectivity index (χ2n) is 6.10. The van der Waals surface area contributed by atoms with E-state index in [0.29, 0.717) is 43.0 Å². The van der Waals surface area contributed by atoms with E-state index in [2.05, 4.69) is 10.6 Å². The first-order chi connectivity index (χ1) is 11.5. The van der Waals surface area contributed by atoms with Crippen molar-refractivity contribution in [2.75, 3.05) is 6.54 Å². The molecule has 1 atom stereocenters. The molecule has 1 unspecified atom stereocenters. The summed E-state index contributed by atoms with van der Waals surface area (Å²) in [4.78, 5) is 22.8. The zero-order valence-electron chi connectivity index (χ0n) is 13.6. The van der Waals surface area contributed by atoms with Crippen molar-refractivity contribution in [2.45, 2.75) is 44.8 Å². The maximum absolute atomic E-state index is 11.9. The highest BCUT2D eigenvalue weighted by Gasteiger charge is 2.26. The summed E-state index contributed by atoms with van der Waals surface area (Å²) in [7, 11) is 0. The van der Waals surface area contributed by atoms with E-state index in [1.54, 1.807) is 12.1 Å². The van der Waals surface area contributed by atoms with E-state index in [1.807, 2.05) is 19.1 Å². The fourth-order valence-corrected chi connectivity index (χ4v) is 2.94. The number of ether oxygens (including phenoxy) is 1. The number of amides is 2. The van der Waals surface area contributed by atoms with Gasteiger partial charge in [-0.25, -0.2) is 4.79 Å². The van der Waals surface area contributed by atoms with Gasteiger partial charge in [0.05, 0.1) is 17.5 Å². The molecule has 0 aromatic heterocycles. The van der Waals surface area contributed by atoms with Crippen LogP contribution >= 0.6 is 11.6 Å². The molecule has 0 bridgehead atoms. The molecule has 7 heteroatoms. The van der Waals surface area contributed by atoms with Gasteiger partial charge in [-0.05, 0) is 44.7 Å². The quantitative estimate of drug-likeness (QED) is 0.732. The minimum atomic E-state index is -0.747. The van der Waals surface area contributed by atoms with E-state index in [4.69, 9.17) is 21.4 Å². The molecule has 3 N–H and O–H groups in total. The Morgan fingerprint density at radius 1 is 1.29 bits per heavy atom. The molecular formula is C17H23ClN2O4. The molecule has 6 nitrogen and oxygen atoms in total. The van der Waals surface area contributed by atoms with E-state index < -0.39 is 5.97 Å². The number of para-hydroxylation sites is 1. The first-order valence-corrected chi connectivity index (χ1v) is 8.52. The molecule has 0 radical (unpaired) electrons. The van der Waals surface area contributed by atoms with Crippen LogP contribution < -0.4 is 15.4 Å². The number of rotatable bonds is 6. The third-order valence-corrected chi connectivity index (χ3v) is 4.44. The monoisotopic (exact) mass is 354 g/mol. The summed E-state index contributed by atoms with van der Waals surface area (Å²) in [5.74, 6) is -0.445. The minimum Gasteiger partial charge on any atom is -0.487 e. The molecule has 1 fully saturated rings.